The molecule has 0 saturated heterocycles. The summed E-state index contributed by atoms with van der Waals surface area (Å²) in [7, 11) is -3.96. The van der Waals surface area contributed by atoms with Gasteiger partial charge in [-0.1, -0.05) is 91.0 Å². The summed E-state index contributed by atoms with van der Waals surface area (Å²) in [4.78, 5) is 36.0. The van der Waals surface area contributed by atoms with Crippen LogP contribution >= 0.6 is 7.37 Å². The van der Waals surface area contributed by atoms with Gasteiger partial charge >= 0.3 is 5.97 Å². The second kappa shape index (κ2) is 12.5. The Bertz CT molecular complexity index is 1140. The van der Waals surface area contributed by atoms with Gasteiger partial charge in [-0.2, -0.15) is 0 Å². The zero-order chi connectivity index (χ0) is 25.3. The maximum Gasteiger partial charge on any atom is 0.326 e. The third-order valence-electron chi connectivity index (χ3n) is 5.88. The number of carboxylic acids is 1. The molecule has 4 atom stereocenters. The summed E-state index contributed by atoms with van der Waals surface area (Å²) < 4.78 is 13.3. The summed E-state index contributed by atoms with van der Waals surface area (Å²) >= 11 is 0. The van der Waals surface area contributed by atoms with Crippen LogP contribution in [0.25, 0.3) is 0 Å². The molecule has 0 spiro atoms. The van der Waals surface area contributed by atoms with E-state index in [-0.39, 0.29) is 25.4 Å². The summed E-state index contributed by atoms with van der Waals surface area (Å²) in [6.07, 6.45) is 0.136. The summed E-state index contributed by atoms with van der Waals surface area (Å²) in [6, 6.07) is 26.1. The fourth-order valence-corrected chi connectivity index (χ4v) is 5.62. The second-order valence-electron chi connectivity index (χ2n) is 8.67. The normalized spacial score (nSPS) is 15.4. The van der Waals surface area contributed by atoms with E-state index in [2.05, 4.69) is 5.32 Å². The van der Waals surface area contributed by atoms with E-state index in [0.29, 0.717) is 0 Å². The van der Waals surface area contributed by atoms with Crippen LogP contribution in [-0.4, -0.2) is 39.9 Å². The molecule has 184 valence electrons. The van der Waals surface area contributed by atoms with E-state index < -0.39 is 37.0 Å². The van der Waals surface area contributed by atoms with E-state index in [0.717, 1.165) is 16.7 Å². The van der Waals surface area contributed by atoms with E-state index in [9.17, 15) is 24.2 Å². The number of hydrogen-bond donors (Lipinski definition) is 4. The number of carbonyl (C=O) groups is 2. The van der Waals surface area contributed by atoms with Crippen LogP contribution in [0.5, 0.6) is 0 Å². The molecule has 3 aromatic rings. The molecule has 35 heavy (non-hydrogen) atoms. The highest BCUT2D eigenvalue weighted by molar-refractivity contribution is 7.58. The van der Waals surface area contributed by atoms with Crippen molar-refractivity contribution < 1.29 is 24.2 Å². The van der Waals surface area contributed by atoms with Crippen molar-refractivity contribution in [2.75, 3.05) is 6.16 Å². The van der Waals surface area contributed by atoms with Crippen molar-refractivity contribution in [2.24, 2.45) is 11.7 Å². The molecule has 3 rings (SSSR count). The van der Waals surface area contributed by atoms with Gasteiger partial charge in [-0.05, 0) is 29.5 Å². The molecule has 5 N–H and O–H groups in total. The van der Waals surface area contributed by atoms with E-state index >= 15 is 0 Å². The lowest BCUT2D eigenvalue weighted by atomic mass is 9.99. The average molecular weight is 495 g/mol. The molecule has 0 fully saturated rings. The predicted octanol–water partition coefficient (Wildman–Crippen LogP) is 3.46. The fraction of sp³-hybridized carbons (Fsp3) is 0.259. The minimum atomic E-state index is -3.96. The Hall–Kier alpha value is -3.25. The van der Waals surface area contributed by atoms with Crippen LogP contribution < -0.4 is 11.1 Å². The van der Waals surface area contributed by atoms with Crippen LogP contribution in [0.3, 0.4) is 0 Å². The van der Waals surface area contributed by atoms with Crippen molar-refractivity contribution >= 4 is 19.2 Å². The van der Waals surface area contributed by atoms with Gasteiger partial charge in [0, 0.05) is 12.6 Å². The minimum Gasteiger partial charge on any atom is -0.480 e. The molecule has 0 aromatic heterocycles. The number of nitrogens with one attached hydrogen (secondary N) is 1. The maximum atomic E-state index is 13.3. The van der Waals surface area contributed by atoms with Crippen molar-refractivity contribution in [3.8, 4) is 0 Å². The first kappa shape index (κ1) is 26.4. The van der Waals surface area contributed by atoms with Gasteiger partial charge in [-0.25, -0.2) is 4.79 Å². The van der Waals surface area contributed by atoms with Crippen molar-refractivity contribution in [1.82, 2.24) is 5.32 Å². The number of carboxylic acid groups (broad SMARTS) is 1. The zero-order valence-electron chi connectivity index (χ0n) is 19.4. The molecule has 0 bridgehead atoms. The van der Waals surface area contributed by atoms with Gasteiger partial charge in [0.1, 0.15) is 6.04 Å². The van der Waals surface area contributed by atoms with Gasteiger partial charge in [-0.15, -0.1) is 0 Å². The van der Waals surface area contributed by atoms with Crippen LogP contribution in [0.15, 0.2) is 91.0 Å². The molecule has 3 unspecified atom stereocenters. The first-order valence-electron chi connectivity index (χ1n) is 11.5. The van der Waals surface area contributed by atoms with Crippen LogP contribution in [0.4, 0.5) is 0 Å². The smallest absolute Gasteiger partial charge is 0.326 e. The fourth-order valence-electron chi connectivity index (χ4n) is 3.93. The monoisotopic (exact) mass is 494 g/mol. The molecule has 7 nitrogen and oxygen atoms in total. The number of amides is 1. The first-order chi connectivity index (χ1) is 16.7. The highest BCUT2D eigenvalue weighted by Crippen LogP contribution is 2.47. The summed E-state index contributed by atoms with van der Waals surface area (Å²) in [5, 5.41) is 12.3. The molecule has 1 amide bonds. The standard InChI is InChI=1S/C27H31N2O5P/c28-25(18-22-14-8-3-9-15-22)35(33,34)19-23(16-20-10-4-1-5-11-20)26(30)29-24(27(31)32)17-21-12-6-2-7-13-21/h1-15,23-25H,16-19,28H2,(H,29,30)(H,31,32)(H,33,34)/t23?,24-,25?/m0/s1. The van der Waals surface area contributed by atoms with E-state index in [1.165, 1.54) is 0 Å². The lowest BCUT2D eigenvalue weighted by Crippen LogP contribution is -2.46. The summed E-state index contributed by atoms with van der Waals surface area (Å²) in [5.41, 5.74) is 8.53. The van der Waals surface area contributed by atoms with E-state index in [4.69, 9.17) is 5.73 Å². The highest BCUT2D eigenvalue weighted by atomic mass is 31.2. The molecule has 0 heterocycles. The van der Waals surface area contributed by atoms with Gasteiger partial charge < -0.3 is 21.1 Å². The van der Waals surface area contributed by atoms with Gasteiger partial charge in [0.2, 0.25) is 13.3 Å². The second-order valence-corrected chi connectivity index (χ2v) is 11.2. The third kappa shape index (κ3) is 8.18. The Balaban J connectivity index is 1.77. The van der Waals surface area contributed by atoms with Gasteiger partial charge in [-0.3, -0.25) is 9.36 Å². The van der Waals surface area contributed by atoms with Crippen molar-refractivity contribution in [2.45, 2.75) is 31.1 Å². The summed E-state index contributed by atoms with van der Waals surface area (Å²) in [6.45, 7) is 0. The van der Waals surface area contributed by atoms with Crippen LogP contribution in [0, 0.1) is 5.92 Å². The quantitative estimate of drug-likeness (QED) is 0.286. The van der Waals surface area contributed by atoms with Crippen LogP contribution in [0.1, 0.15) is 16.7 Å². The SMILES string of the molecule is NC(Cc1ccccc1)P(=O)(O)CC(Cc1ccccc1)C(=O)N[C@@H](Cc1ccccc1)C(=O)O. The number of aliphatic carboxylic acids is 1. The molecule has 3 aromatic carbocycles. The summed E-state index contributed by atoms with van der Waals surface area (Å²) in [5.74, 6) is -3.73. The van der Waals surface area contributed by atoms with Gasteiger partial charge in [0.15, 0.2) is 0 Å². The molecular formula is C27H31N2O5P. The Morgan fingerprint density at radius 2 is 1.20 bits per heavy atom. The third-order valence-corrected chi connectivity index (χ3v) is 8.06. The Morgan fingerprint density at radius 3 is 1.66 bits per heavy atom. The predicted molar refractivity (Wildman–Crippen MR) is 136 cm³/mol. The maximum absolute atomic E-state index is 13.3. The van der Waals surface area contributed by atoms with Crippen LogP contribution in [0.2, 0.25) is 0 Å². The molecule has 0 saturated carbocycles. The number of benzene rings is 3. The topological polar surface area (TPSA) is 130 Å². The molecule has 0 aliphatic heterocycles. The molecular weight excluding hydrogens is 463 g/mol. The average Bonchev–Trinajstić information content (AvgIpc) is 2.85. The molecule has 0 radical (unpaired) electrons. The van der Waals surface area contributed by atoms with E-state index in [1.54, 1.807) is 24.3 Å². The van der Waals surface area contributed by atoms with Crippen molar-refractivity contribution in [3.63, 3.8) is 0 Å². The van der Waals surface area contributed by atoms with E-state index in [1.807, 2.05) is 66.7 Å². The highest BCUT2D eigenvalue weighted by Gasteiger charge is 2.35. The number of rotatable bonds is 12. The Morgan fingerprint density at radius 1 is 0.771 bits per heavy atom. The molecule has 0 aliphatic rings. The lowest BCUT2D eigenvalue weighted by molar-refractivity contribution is -0.142. The number of hydrogen-bond acceptors (Lipinski definition) is 4. The Kier molecular flexibility index (Phi) is 9.38. The molecule has 8 heteroatoms. The number of nitrogens with two attached hydrogens (primary N) is 1. The van der Waals surface area contributed by atoms with Crippen molar-refractivity contribution in [3.05, 3.63) is 108 Å². The van der Waals surface area contributed by atoms with Crippen molar-refractivity contribution in [1.29, 1.82) is 0 Å². The number of carbonyl (C=O) groups excluding carboxylic acids is 1. The van der Waals surface area contributed by atoms with Gasteiger partial charge in [0.05, 0.1) is 11.7 Å². The largest absolute Gasteiger partial charge is 0.480 e. The zero-order valence-corrected chi connectivity index (χ0v) is 20.3. The van der Waals surface area contributed by atoms with Gasteiger partial charge in [0.25, 0.3) is 0 Å². The molecule has 0 aliphatic carbocycles. The Labute approximate surface area is 205 Å². The first-order valence-corrected chi connectivity index (χ1v) is 13.4. The minimum absolute atomic E-state index is 0.101. The van der Waals surface area contributed by atoms with Crippen LogP contribution in [-0.2, 0) is 33.4 Å². The lowest BCUT2D eigenvalue weighted by Gasteiger charge is -2.25.